The molecular weight excluding hydrogens is 326 g/mol. The van der Waals surface area contributed by atoms with Crippen molar-refractivity contribution < 1.29 is 14.3 Å². The summed E-state index contributed by atoms with van der Waals surface area (Å²) in [6.07, 6.45) is 3.08. The van der Waals surface area contributed by atoms with Gasteiger partial charge in [0.2, 0.25) is 0 Å². The number of carbonyl (C=O) groups is 1. The average molecular weight is 343 g/mol. The van der Waals surface area contributed by atoms with Gasteiger partial charge in [-0.15, -0.1) is 11.3 Å². The minimum Gasteiger partial charge on any atom is -0.493 e. The van der Waals surface area contributed by atoms with Crippen molar-refractivity contribution in [2.24, 2.45) is 0 Å². The molecule has 1 N–H and O–H groups in total. The molecule has 1 amide bonds. The minimum absolute atomic E-state index is 0.0130. The molecule has 6 nitrogen and oxygen atoms in total. The predicted molar refractivity (Wildman–Crippen MR) is 93.1 cm³/mol. The van der Waals surface area contributed by atoms with Gasteiger partial charge >= 0.3 is 0 Å². The zero-order chi connectivity index (χ0) is 17.5. The van der Waals surface area contributed by atoms with E-state index in [1.165, 1.54) is 24.5 Å². The van der Waals surface area contributed by atoms with E-state index < -0.39 is 5.91 Å². The molecule has 7 heteroatoms. The molecule has 0 radical (unpaired) electrons. The molecule has 1 heterocycles. The number of carbonyl (C=O) groups excluding carboxylic acids is 1. The molecule has 24 heavy (non-hydrogen) atoms. The topological polar surface area (TPSA) is 84.2 Å². The molecule has 124 valence electrons. The summed E-state index contributed by atoms with van der Waals surface area (Å²) in [4.78, 5) is 16.1. The summed E-state index contributed by atoms with van der Waals surface area (Å²) in [6.45, 7) is 3.84. The maximum atomic E-state index is 12.1. The first-order valence-electron chi connectivity index (χ1n) is 7.20. The molecule has 0 aliphatic rings. The maximum absolute atomic E-state index is 12.1. The first-order chi connectivity index (χ1) is 11.5. The van der Waals surface area contributed by atoms with Crippen LogP contribution in [-0.4, -0.2) is 24.1 Å². The minimum atomic E-state index is -0.506. The molecule has 1 aromatic carbocycles. The van der Waals surface area contributed by atoms with Gasteiger partial charge in [-0.05, 0) is 37.6 Å². The number of nitriles is 1. The number of nitrogens with zero attached hydrogens (tertiary/aromatic N) is 2. The van der Waals surface area contributed by atoms with E-state index in [2.05, 4.69) is 10.3 Å². The number of thiazole rings is 1. The number of hydrogen-bond donors (Lipinski definition) is 1. The Bertz CT molecular complexity index is 777. The highest BCUT2D eigenvalue weighted by molar-refractivity contribution is 7.13. The van der Waals surface area contributed by atoms with Gasteiger partial charge in [0.1, 0.15) is 11.6 Å². The van der Waals surface area contributed by atoms with E-state index in [9.17, 15) is 10.1 Å². The Balaban J connectivity index is 2.24. The highest BCUT2D eigenvalue weighted by Gasteiger charge is 2.12. The fourth-order valence-corrected chi connectivity index (χ4v) is 2.41. The summed E-state index contributed by atoms with van der Waals surface area (Å²) < 4.78 is 10.9. The van der Waals surface area contributed by atoms with E-state index in [0.717, 1.165) is 0 Å². The SMILES string of the molecule is COc1cc(/C=C(\C#N)C(=O)Nc2nccs2)ccc1OC(C)C. The van der Waals surface area contributed by atoms with Crippen LogP contribution >= 0.6 is 11.3 Å². The Hall–Kier alpha value is -2.85. The van der Waals surface area contributed by atoms with Crippen molar-refractivity contribution in [3.8, 4) is 17.6 Å². The molecule has 2 rings (SSSR count). The normalized spacial score (nSPS) is 11.0. The molecule has 0 spiro atoms. The highest BCUT2D eigenvalue weighted by Crippen LogP contribution is 2.29. The number of amides is 1. The van der Waals surface area contributed by atoms with E-state index in [1.807, 2.05) is 19.9 Å². The number of benzene rings is 1. The molecular formula is C17H17N3O3S. The van der Waals surface area contributed by atoms with Crippen molar-refractivity contribution in [2.75, 3.05) is 12.4 Å². The second-order valence-corrected chi connectivity index (χ2v) is 5.93. The van der Waals surface area contributed by atoms with E-state index >= 15 is 0 Å². The molecule has 1 aromatic heterocycles. The summed E-state index contributed by atoms with van der Waals surface area (Å²) in [6, 6.07) is 7.12. The van der Waals surface area contributed by atoms with Gasteiger partial charge in [-0.25, -0.2) is 4.98 Å². The lowest BCUT2D eigenvalue weighted by Crippen LogP contribution is -2.13. The van der Waals surface area contributed by atoms with Crippen LogP contribution in [0.1, 0.15) is 19.4 Å². The Morgan fingerprint density at radius 2 is 2.21 bits per heavy atom. The van der Waals surface area contributed by atoms with Gasteiger partial charge in [0.25, 0.3) is 5.91 Å². The van der Waals surface area contributed by atoms with Crippen LogP contribution in [0.15, 0.2) is 35.3 Å². The van der Waals surface area contributed by atoms with E-state index in [1.54, 1.807) is 29.8 Å². The summed E-state index contributed by atoms with van der Waals surface area (Å²) in [5.74, 6) is 0.638. The van der Waals surface area contributed by atoms with Crippen LogP contribution in [0.2, 0.25) is 0 Å². The Morgan fingerprint density at radius 3 is 2.79 bits per heavy atom. The van der Waals surface area contributed by atoms with Gasteiger partial charge in [0.15, 0.2) is 16.6 Å². The number of nitrogens with one attached hydrogen (secondary N) is 1. The number of methoxy groups -OCH3 is 1. The average Bonchev–Trinajstić information content (AvgIpc) is 3.06. The van der Waals surface area contributed by atoms with Crippen molar-refractivity contribution in [2.45, 2.75) is 20.0 Å². The lowest BCUT2D eigenvalue weighted by molar-refractivity contribution is -0.112. The molecule has 0 fully saturated rings. The van der Waals surface area contributed by atoms with Gasteiger partial charge in [0.05, 0.1) is 13.2 Å². The Morgan fingerprint density at radius 1 is 1.42 bits per heavy atom. The fraction of sp³-hybridized carbons (Fsp3) is 0.235. The van der Waals surface area contributed by atoms with Crippen LogP contribution in [0.4, 0.5) is 5.13 Å². The third-order valence-corrected chi connectivity index (χ3v) is 3.57. The number of hydrogen-bond acceptors (Lipinski definition) is 6. The monoisotopic (exact) mass is 343 g/mol. The van der Waals surface area contributed by atoms with Gasteiger partial charge in [0, 0.05) is 11.6 Å². The molecule has 0 saturated carbocycles. The summed E-state index contributed by atoms with van der Waals surface area (Å²) in [7, 11) is 1.54. The quantitative estimate of drug-likeness (QED) is 0.641. The molecule has 0 aliphatic carbocycles. The van der Waals surface area contributed by atoms with Gasteiger partial charge in [-0.2, -0.15) is 5.26 Å². The second kappa shape index (κ2) is 8.13. The third-order valence-electron chi connectivity index (χ3n) is 2.88. The number of aromatic nitrogens is 1. The summed E-state index contributed by atoms with van der Waals surface area (Å²) in [5, 5.41) is 14.0. The van der Waals surface area contributed by atoms with E-state index in [-0.39, 0.29) is 11.7 Å². The number of rotatable bonds is 6. The predicted octanol–water partition coefficient (Wildman–Crippen LogP) is 3.48. The lowest BCUT2D eigenvalue weighted by Gasteiger charge is -2.13. The molecule has 0 bridgehead atoms. The lowest BCUT2D eigenvalue weighted by atomic mass is 10.1. The van der Waals surface area contributed by atoms with Crippen molar-refractivity contribution in [1.29, 1.82) is 5.26 Å². The number of ether oxygens (including phenoxy) is 2. The molecule has 0 saturated heterocycles. The first kappa shape index (κ1) is 17.5. The molecule has 0 atom stereocenters. The standard InChI is InChI=1S/C17H17N3O3S/c1-11(2)23-14-5-4-12(9-15(14)22-3)8-13(10-18)16(21)20-17-19-6-7-24-17/h4-9,11H,1-3H3,(H,19,20,21)/b13-8+. The number of anilines is 1. The molecule has 2 aromatic rings. The van der Waals surface area contributed by atoms with Crippen molar-refractivity contribution >= 4 is 28.5 Å². The van der Waals surface area contributed by atoms with Crippen LogP contribution in [0.3, 0.4) is 0 Å². The Labute approximate surface area is 144 Å². The Kier molecular flexibility index (Phi) is 5.93. The maximum Gasteiger partial charge on any atom is 0.268 e. The van der Waals surface area contributed by atoms with Gasteiger partial charge in [-0.1, -0.05) is 6.07 Å². The zero-order valence-electron chi connectivity index (χ0n) is 13.6. The van der Waals surface area contributed by atoms with Crippen molar-refractivity contribution in [1.82, 2.24) is 4.98 Å². The summed E-state index contributed by atoms with van der Waals surface area (Å²) >= 11 is 1.28. The van der Waals surface area contributed by atoms with E-state index in [4.69, 9.17) is 9.47 Å². The van der Waals surface area contributed by atoms with Crippen LogP contribution in [0.25, 0.3) is 6.08 Å². The molecule has 0 unspecified atom stereocenters. The van der Waals surface area contributed by atoms with Crippen LogP contribution < -0.4 is 14.8 Å². The van der Waals surface area contributed by atoms with Crippen LogP contribution in [0, 0.1) is 11.3 Å². The fourth-order valence-electron chi connectivity index (χ4n) is 1.89. The van der Waals surface area contributed by atoms with Crippen molar-refractivity contribution in [3.63, 3.8) is 0 Å². The van der Waals surface area contributed by atoms with Crippen molar-refractivity contribution in [3.05, 3.63) is 40.9 Å². The van der Waals surface area contributed by atoms with Gasteiger partial charge in [-0.3, -0.25) is 10.1 Å². The first-order valence-corrected chi connectivity index (χ1v) is 8.08. The third kappa shape index (κ3) is 4.57. The van der Waals surface area contributed by atoms with Gasteiger partial charge < -0.3 is 9.47 Å². The largest absolute Gasteiger partial charge is 0.493 e. The zero-order valence-corrected chi connectivity index (χ0v) is 14.4. The van der Waals surface area contributed by atoms with E-state index in [0.29, 0.717) is 22.2 Å². The molecule has 0 aliphatic heterocycles. The summed E-state index contributed by atoms with van der Waals surface area (Å²) in [5.41, 5.74) is 0.638. The smallest absolute Gasteiger partial charge is 0.268 e. The van der Waals surface area contributed by atoms with Crippen LogP contribution in [-0.2, 0) is 4.79 Å². The highest BCUT2D eigenvalue weighted by atomic mass is 32.1. The van der Waals surface area contributed by atoms with Crippen LogP contribution in [0.5, 0.6) is 11.5 Å². The second-order valence-electron chi connectivity index (χ2n) is 5.04.